The van der Waals surface area contributed by atoms with Gasteiger partial charge in [0, 0.05) is 34.5 Å². The van der Waals surface area contributed by atoms with Crippen LogP contribution in [0, 0.1) is 6.92 Å². The van der Waals surface area contributed by atoms with Crippen molar-refractivity contribution in [3.8, 4) is 0 Å². The van der Waals surface area contributed by atoms with E-state index in [0.29, 0.717) is 17.1 Å². The van der Waals surface area contributed by atoms with Crippen molar-refractivity contribution in [3.05, 3.63) is 26.7 Å². The van der Waals surface area contributed by atoms with Gasteiger partial charge >= 0.3 is 0 Å². The zero-order valence-electron chi connectivity index (χ0n) is 13.1. The van der Waals surface area contributed by atoms with Crippen LogP contribution in [0.3, 0.4) is 0 Å². The Morgan fingerprint density at radius 1 is 1.29 bits per heavy atom. The maximum Gasteiger partial charge on any atom is 0.180 e. The summed E-state index contributed by atoms with van der Waals surface area (Å²) < 4.78 is 0. The summed E-state index contributed by atoms with van der Waals surface area (Å²) in [6, 6.07) is 0.350. The van der Waals surface area contributed by atoms with Crippen molar-refractivity contribution in [1.82, 2.24) is 14.9 Å². The van der Waals surface area contributed by atoms with Crippen molar-refractivity contribution in [2.24, 2.45) is 0 Å². The predicted molar refractivity (Wildman–Crippen MR) is 94.6 cm³/mol. The number of thiazole rings is 2. The summed E-state index contributed by atoms with van der Waals surface area (Å²) in [5.41, 5.74) is 6.84. The minimum absolute atomic E-state index is 0. The second-order valence-corrected chi connectivity index (χ2v) is 7.62. The van der Waals surface area contributed by atoms with E-state index < -0.39 is 0 Å². The van der Waals surface area contributed by atoms with Gasteiger partial charge < -0.3 is 5.73 Å². The van der Waals surface area contributed by atoms with Gasteiger partial charge in [0.2, 0.25) is 0 Å². The fourth-order valence-electron chi connectivity index (χ4n) is 2.04. The molecule has 0 bridgehead atoms. The first-order valence-electron chi connectivity index (χ1n) is 6.76. The fraction of sp³-hybridized carbons (Fsp3) is 0.571. The standard InChI is InChI=1S/C14H22N4S2.ClH/c1-8(2)13-17-9(3)12(20-13)10(4)18(5)7-11-6-16-14(15)19-11;/h6,8,10H,7H2,1-5H3,(H2,15,16);1H. The van der Waals surface area contributed by atoms with Crippen LogP contribution in [0.4, 0.5) is 5.13 Å². The zero-order valence-corrected chi connectivity index (χ0v) is 15.5. The predicted octanol–water partition coefficient (Wildman–Crippen LogP) is 4.23. The van der Waals surface area contributed by atoms with Crippen LogP contribution < -0.4 is 5.73 Å². The van der Waals surface area contributed by atoms with E-state index in [-0.39, 0.29) is 12.4 Å². The smallest absolute Gasteiger partial charge is 0.180 e. The van der Waals surface area contributed by atoms with Crippen molar-refractivity contribution in [2.45, 2.75) is 46.2 Å². The van der Waals surface area contributed by atoms with Gasteiger partial charge in [0.15, 0.2) is 5.13 Å². The molecule has 0 aliphatic carbocycles. The van der Waals surface area contributed by atoms with Crippen LogP contribution >= 0.6 is 35.1 Å². The van der Waals surface area contributed by atoms with Gasteiger partial charge in [-0.1, -0.05) is 13.8 Å². The molecule has 2 aromatic rings. The molecule has 1 atom stereocenters. The molecule has 2 N–H and O–H groups in total. The molecule has 0 saturated heterocycles. The molecule has 21 heavy (non-hydrogen) atoms. The Labute approximate surface area is 140 Å². The number of rotatable bonds is 5. The third-order valence-corrected chi connectivity index (χ3v) is 5.80. The molecule has 0 spiro atoms. The van der Waals surface area contributed by atoms with Crippen LogP contribution in [0.5, 0.6) is 0 Å². The fourth-order valence-corrected chi connectivity index (χ4v) is 3.98. The Balaban J connectivity index is 0.00000220. The Bertz CT molecular complexity index is 579. The highest BCUT2D eigenvalue weighted by molar-refractivity contribution is 7.15. The normalized spacial score (nSPS) is 12.7. The molecule has 2 aromatic heterocycles. The lowest BCUT2D eigenvalue weighted by Gasteiger charge is -2.23. The molecule has 0 fully saturated rings. The number of nitrogen functional groups attached to an aromatic ring is 1. The molecule has 0 aromatic carbocycles. The van der Waals surface area contributed by atoms with Gasteiger partial charge in [-0.15, -0.1) is 35.1 Å². The zero-order chi connectivity index (χ0) is 14.9. The van der Waals surface area contributed by atoms with Crippen molar-refractivity contribution in [1.29, 1.82) is 0 Å². The molecule has 0 aliphatic rings. The van der Waals surface area contributed by atoms with Gasteiger partial charge in [0.25, 0.3) is 0 Å². The second-order valence-electron chi connectivity index (χ2n) is 5.41. The van der Waals surface area contributed by atoms with Gasteiger partial charge in [-0.2, -0.15) is 0 Å². The summed E-state index contributed by atoms with van der Waals surface area (Å²) in [7, 11) is 2.13. The highest BCUT2D eigenvalue weighted by Crippen LogP contribution is 2.32. The lowest BCUT2D eigenvalue weighted by atomic mass is 10.2. The van der Waals surface area contributed by atoms with Gasteiger partial charge in [0.1, 0.15) is 0 Å². The molecule has 1 unspecified atom stereocenters. The number of hydrogen-bond donors (Lipinski definition) is 1. The third-order valence-electron chi connectivity index (χ3n) is 3.36. The van der Waals surface area contributed by atoms with Crippen molar-refractivity contribution >= 4 is 40.2 Å². The van der Waals surface area contributed by atoms with Gasteiger partial charge in [-0.05, 0) is 20.9 Å². The molecule has 0 aliphatic heterocycles. The first-order chi connectivity index (χ1) is 9.38. The molecular formula is C14H23ClN4S2. The monoisotopic (exact) mass is 346 g/mol. The van der Waals surface area contributed by atoms with Gasteiger partial charge in [-0.25, -0.2) is 9.97 Å². The molecule has 4 nitrogen and oxygen atoms in total. The Morgan fingerprint density at radius 3 is 2.43 bits per heavy atom. The van der Waals surface area contributed by atoms with Gasteiger partial charge in [0.05, 0.1) is 10.7 Å². The van der Waals surface area contributed by atoms with Crippen molar-refractivity contribution in [3.63, 3.8) is 0 Å². The lowest BCUT2D eigenvalue weighted by molar-refractivity contribution is 0.257. The average Bonchev–Trinajstić information content (AvgIpc) is 2.95. The summed E-state index contributed by atoms with van der Waals surface area (Å²) in [5, 5.41) is 1.86. The number of anilines is 1. The van der Waals surface area contributed by atoms with E-state index in [1.54, 1.807) is 11.3 Å². The lowest BCUT2D eigenvalue weighted by Crippen LogP contribution is -2.21. The van der Waals surface area contributed by atoms with Crippen LogP contribution in [0.2, 0.25) is 0 Å². The SMILES string of the molecule is Cc1nc(C(C)C)sc1C(C)N(C)Cc1cnc(N)s1.Cl. The molecule has 7 heteroatoms. The number of aromatic nitrogens is 2. The van der Waals surface area contributed by atoms with Crippen LogP contribution in [-0.4, -0.2) is 21.9 Å². The molecule has 2 heterocycles. The summed E-state index contributed by atoms with van der Waals surface area (Å²) in [5.74, 6) is 0.492. The summed E-state index contributed by atoms with van der Waals surface area (Å²) in [4.78, 5) is 13.7. The Morgan fingerprint density at radius 2 is 1.95 bits per heavy atom. The summed E-state index contributed by atoms with van der Waals surface area (Å²) >= 11 is 3.39. The molecular weight excluding hydrogens is 324 g/mol. The second kappa shape index (κ2) is 7.54. The summed E-state index contributed by atoms with van der Waals surface area (Å²) in [6.07, 6.45) is 1.86. The van der Waals surface area contributed by atoms with E-state index in [1.165, 1.54) is 14.8 Å². The Kier molecular flexibility index (Phi) is 6.59. The van der Waals surface area contributed by atoms with E-state index in [1.807, 2.05) is 17.5 Å². The molecule has 0 saturated carbocycles. The molecule has 0 amide bonds. The first-order valence-corrected chi connectivity index (χ1v) is 8.39. The van der Waals surface area contributed by atoms with Crippen LogP contribution in [0.1, 0.15) is 53.2 Å². The summed E-state index contributed by atoms with van der Waals surface area (Å²) in [6.45, 7) is 9.58. The highest BCUT2D eigenvalue weighted by atomic mass is 35.5. The first kappa shape index (κ1) is 18.4. The highest BCUT2D eigenvalue weighted by Gasteiger charge is 2.19. The molecule has 118 valence electrons. The van der Waals surface area contributed by atoms with E-state index in [4.69, 9.17) is 5.73 Å². The van der Waals surface area contributed by atoms with E-state index >= 15 is 0 Å². The van der Waals surface area contributed by atoms with Crippen LogP contribution in [0.15, 0.2) is 6.20 Å². The van der Waals surface area contributed by atoms with Crippen LogP contribution in [-0.2, 0) is 6.54 Å². The number of nitrogens with two attached hydrogens (primary N) is 1. The molecule has 0 radical (unpaired) electrons. The number of halogens is 1. The van der Waals surface area contributed by atoms with E-state index in [2.05, 4.69) is 49.6 Å². The minimum Gasteiger partial charge on any atom is -0.375 e. The minimum atomic E-state index is 0. The maximum atomic E-state index is 5.68. The van der Waals surface area contributed by atoms with Crippen molar-refractivity contribution in [2.75, 3.05) is 12.8 Å². The van der Waals surface area contributed by atoms with Gasteiger partial charge in [-0.3, -0.25) is 4.90 Å². The number of nitrogens with zero attached hydrogens (tertiary/aromatic N) is 3. The molecule has 2 rings (SSSR count). The third kappa shape index (κ3) is 4.39. The quantitative estimate of drug-likeness (QED) is 0.880. The number of aryl methyl sites for hydroxylation is 1. The largest absolute Gasteiger partial charge is 0.375 e. The van der Waals surface area contributed by atoms with E-state index in [0.717, 1.165) is 12.2 Å². The Hall–Kier alpha value is -0.690. The van der Waals surface area contributed by atoms with Crippen molar-refractivity contribution < 1.29 is 0 Å². The average molecular weight is 347 g/mol. The number of hydrogen-bond acceptors (Lipinski definition) is 6. The topological polar surface area (TPSA) is 55.0 Å². The van der Waals surface area contributed by atoms with Crippen LogP contribution in [0.25, 0.3) is 0 Å². The van der Waals surface area contributed by atoms with E-state index in [9.17, 15) is 0 Å². The maximum absolute atomic E-state index is 5.68.